The van der Waals surface area contributed by atoms with Crippen LogP contribution in [0, 0.1) is 0 Å². The number of hydrogen-bond donors (Lipinski definition) is 2. The third-order valence-electron chi connectivity index (χ3n) is 1.57. The molecule has 0 unspecified atom stereocenters. The average molecular weight is 290 g/mol. The van der Waals surface area contributed by atoms with E-state index >= 15 is 0 Å². The van der Waals surface area contributed by atoms with Gasteiger partial charge in [0.1, 0.15) is 4.34 Å². The molecule has 0 fully saturated rings. The highest BCUT2D eigenvalue weighted by Crippen LogP contribution is 2.30. The lowest BCUT2D eigenvalue weighted by Crippen LogP contribution is -2.25. The van der Waals surface area contributed by atoms with Gasteiger partial charge in [-0.2, -0.15) is 0 Å². The monoisotopic (exact) mass is 288 g/mol. The lowest BCUT2D eigenvalue weighted by Gasteiger charge is -2.01. The first kappa shape index (κ1) is 15.0. The molecule has 1 amide bonds. The molecule has 3 nitrogen and oxygen atoms in total. The smallest absolute Gasteiger partial charge is 0.253 e. The van der Waals surface area contributed by atoms with E-state index in [0.717, 1.165) is 6.42 Å². The van der Waals surface area contributed by atoms with Gasteiger partial charge in [-0.25, -0.2) is 0 Å². The molecule has 0 spiro atoms. The Kier molecular flexibility index (Phi) is 7.30. The van der Waals surface area contributed by atoms with Crippen molar-refractivity contribution in [3.8, 4) is 0 Å². The van der Waals surface area contributed by atoms with Gasteiger partial charge in [-0.3, -0.25) is 4.79 Å². The molecule has 0 aromatic carbocycles. The van der Waals surface area contributed by atoms with Crippen LogP contribution in [0.2, 0.25) is 8.67 Å². The molecule has 0 bridgehead atoms. The SMILES string of the molecule is Cl.NCCCNC(=O)c1cc(Cl)sc1Cl. The van der Waals surface area contributed by atoms with Crippen molar-refractivity contribution in [1.29, 1.82) is 0 Å². The van der Waals surface area contributed by atoms with Crippen LogP contribution in [0.15, 0.2) is 6.07 Å². The van der Waals surface area contributed by atoms with Crippen molar-refractivity contribution >= 4 is 52.9 Å². The van der Waals surface area contributed by atoms with Gasteiger partial charge in [0.05, 0.1) is 9.90 Å². The Labute approximate surface area is 108 Å². The number of carbonyl (C=O) groups excluding carboxylic acids is 1. The van der Waals surface area contributed by atoms with Crippen LogP contribution in [-0.2, 0) is 0 Å². The van der Waals surface area contributed by atoms with E-state index in [1.54, 1.807) is 6.07 Å². The zero-order valence-electron chi connectivity index (χ0n) is 7.76. The average Bonchev–Trinajstić information content (AvgIpc) is 2.45. The van der Waals surface area contributed by atoms with Crippen molar-refractivity contribution in [2.24, 2.45) is 5.73 Å². The van der Waals surface area contributed by atoms with Crippen LogP contribution < -0.4 is 11.1 Å². The van der Waals surface area contributed by atoms with Gasteiger partial charge in [-0.05, 0) is 19.0 Å². The van der Waals surface area contributed by atoms with Crippen LogP contribution in [0.25, 0.3) is 0 Å². The highest BCUT2D eigenvalue weighted by molar-refractivity contribution is 7.20. The second-order valence-electron chi connectivity index (χ2n) is 2.64. The Balaban J connectivity index is 0.00000196. The largest absolute Gasteiger partial charge is 0.352 e. The third kappa shape index (κ3) is 4.57. The summed E-state index contributed by atoms with van der Waals surface area (Å²) in [6.07, 6.45) is 0.751. The maximum atomic E-state index is 11.5. The molecule has 1 aromatic rings. The van der Waals surface area contributed by atoms with Gasteiger partial charge in [-0.1, -0.05) is 23.2 Å². The molecule has 0 saturated heterocycles. The first-order valence-electron chi connectivity index (χ1n) is 4.08. The first-order chi connectivity index (χ1) is 6.65. The van der Waals surface area contributed by atoms with Gasteiger partial charge < -0.3 is 11.1 Å². The van der Waals surface area contributed by atoms with Gasteiger partial charge in [-0.15, -0.1) is 23.7 Å². The van der Waals surface area contributed by atoms with Crippen LogP contribution in [0.1, 0.15) is 16.8 Å². The number of nitrogens with one attached hydrogen (secondary N) is 1. The molecule has 7 heteroatoms. The molecule has 86 valence electrons. The van der Waals surface area contributed by atoms with Crippen molar-refractivity contribution < 1.29 is 4.79 Å². The molecule has 0 aliphatic rings. The minimum absolute atomic E-state index is 0. The van der Waals surface area contributed by atoms with Crippen LogP contribution in [0.3, 0.4) is 0 Å². The number of carbonyl (C=O) groups is 1. The standard InChI is InChI=1S/C8H10Cl2N2OS.ClH/c9-6-4-5(7(10)14-6)8(13)12-3-1-2-11;/h4H,1-3,11H2,(H,12,13);1H. The predicted molar refractivity (Wildman–Crippen MR) is 67.6 cm³/mol. The molecule has 3 N–H and O–H groups in total. The summed E-state index contributed by atoms with van der Waals surface area (Å²) in [5, 5.41) is 2.70. The van der Waals surface area contributed by atoms with Gasteiger partial charge in [0, 0.05) is 6.54 Å². The summed E-state index contributed by atoms with van der Waals surface area (Å²) in [6, 6.07) is 1.56. The fraction of sp³-hybridized carbons (Fsp3) is 0.375. The number of halogens is 3. The molecule has 0 aliphatic carbocycles. The summed E-state index contributed by atoms with van der Waals surface area (Å²) < 4.78 is 0.930. The maximum Gasteiger partial charge on any atom is 0.253 e. The summed E-state index contributed by atoms with van der Waals surface area (Å²) in [5.74, 6) is -0.202. The number of thiophene rings is 1. The highest BCUT2D eigenvalue weighted by atomic mass is 35.5. The molecule has 15 heavy (non-hydrogen) atoms. The predicted octanol–water partition coefficient (Wildman–Crippen LogP) is 2.56. The zero-order chi connectivity index (χ0) is 10.6. The Morgan fingerprint density at radius 2 is 2.20 bits per heavy atom. The van der Waals surface area contributed by atoms with E-state index < -0.39 is 0 Å². The van der Waals surface area contributed by atoms with E-state index in [2.05, 4.69) is 5.32 Å². The van der Waals surface area contributed by atoms with E-state index in [4.69, 9.17) is 28.9 Å². The number of hydrogen-bond acceptors (Lipinski definition) is 3. The Bertz CT molecular complexity index is 330. The van der Waals surface area contributed by atoms with E-state index in [0.29, 0.717) is 27.3 Å². The molecule has 0 saturated carbocycles. The fourth-order valence-corrected chi connectivity index (χ4v) is 2.35. The lowest BCUT2D eigenvalue weighted by atomic mass is 10.3. The van der Waals surface area contributed by atoms with Gasteiger partial charge in [0.25, 0.3) is 5.91 Å². The minimum Gasteiger partial charge on any atom is -0.352 e. The Morgan fingerprint density at radius 3 is 2.67 bits per heavy atom. The van der Waals surface area contributed by atoms with Gasteiger partial charge in [0.15, 0.2) is 0 Å². The Hall–Kier alpha value is -0.0000000000000000555. The molecule has 1 heterocycles. The normalized spacial score (nSPS) is 9.53. The number of nitrogens with two attached hydrogens (primary N) is 1. The van der Waals surface area contributed by atoms with Crippen molar-refractivity contribution in [2.45, 2.75) is 6.42 Å². The van der Waals surface area contributed by atoms with E-state index in [-0.39, 0.29) is 18.3 Å². The minimum atomic E-state index is -0.202. The van der Waals surface area contributed by atoms with Crippen molar-refractivity contribution in [2.75, 3.05) is 13.1 Å². The summed E-state index contributed by atoms with van der Waals surface area (Å²) in [4.78, 5) is 11.5. The molecule has 1 aromatic heterocycles. The van der Waals surface area contributed by atoms with Crippen molar-refractivity contribution in [3.05, 3.63) is 20.3 Å². The topological polar surface area (TPSA) is 55.1 Å². The fourth-order valence-electron chi connectivity index (χ4n) is 0.894. The van der Waals surface area contributed by atoms with Gasteiger partial charge >= 0.3 is 0 Å². The van der Waals surface area contributed by atoms with Crippen LogP contribution in [0.5, 0.6) is 0 Å². The van der Waals surface area contributed by atoms with Crippen LogP contribution in [-0.4, -0.2) is 19.0 Å². The summed E-state index contributed by atoms with van der Waals surface area (Å²) in [7, 11) is 0. The van der Waals surface area contributed by atoms with Crippen molar-refractivity contribution in [3.63, 3.8) is 0 Å². The van der Waals surface area contributed by atoms with E-state index in [1.165, 1.54) is 11.3 Å². The summed E-state index contributed by atoms with van der Waals surface area (Å²) >= 11 is 12.7. The van der Waals surface area contributed by atoms with Crippen LogP contribution in [0.4, 0.5) is 0 Å². The summed E-state index contributed by atoms with van der Waals surface area (Å²) in [5.41, 5.74) is 5.72. The number of rotatable bonds is 4. The summed E-state index contributed by atoms with van der Waals surface area (Å²) in [6.45, 7) is 1.11. The highest BCUT2D eigenvalue weighted by Gasteiger charge is 2.13. The second-order valence-corrected chi connectivity index (χ2v) is 4.92. The van der Waals surface area contributed by atoms with E-state index in [1.807, 2.05) is 0 Å². The maximum absolute atomic E-state index is 11.5. The lowest BCUT2D eigenvalue weighted by molar-refractivity contribution is 0.0954. The first-order valence-corrected chi connectivity index (χ1v) is 5.65. The molecular weight excluding hydrogens is 279 g/mol. The zero-order valence-corrected chi connectivity index (χ0v) is 10.9. The quantitative estimate of drug-likeness (QED) is 0.837. The molecule has 1 rings (SSSR count). The van der Waals surface area contributed by atoms with E-state index in [9.17, 15) is 4.79 Å². The van der Waals surface area contributed by atoms with Crippen LogP contribution >= 0.6 is 46.9 Å². The second kappa shape index (κ2) is 7.30. The van der Waals surface area contributed by atoms with Gasteiger partial charge in [0.2, 0.25) is 0 Å². The molecule has 0 radical (unpaired) electrons. The molecule has 0 aliphatic heterocycles. The molecular formula is C8H11Cl3N2OS. The number of amides is 1. The molecule has 0 atom stereocenters. The Morgan fingerprint density at radius 1 is 1.53 bits per heavy atom. The third-order valence-corrected chi connectivity index (χ3v) is 3.06. The van der Waals surface area contributed by atoms with Crippen molar-refractivity contribution in [1.82, 2.24) is 5.32 Å².